The average Bonchev–Trinajstić information content (AvgIpc) is 2.19. The summed E-state index contributed by atoms with van der Waals surface area (Å²) in [6.45, 7) is 0.457. The van der Waals surface area contributed by atoms with Crippen molar-refractivity contribution < 1.29 is 9.59 Å². The predicted molar refractivity (Wildman–Crippen MR) is 56.4 cm³/mol. The number of hydrogen-bond donors (Lipinski definition) is 1. The van der Waals surface area contributed by atoms with E-state index < -0.39 is 0 Å². The Balaban J connectivity index is 2.04. The summed E-state index contributed by atoms with van der Waals surface area (Å²) in [5.41, 5.74) is 0. The second kappa shape index (κ2) is 4.31. The minimum Gasteiger partial charge on any atom is -0.358 e. The van der Waals surface area contributed by atoms with Crippen molar-refractivity contribution in [2.45, 2.75) is 44.2 Å². The average molecular weight is 210 g/mol. The van der Waals surface area contributed by atoms with Crippen LogP contribution in [0.1, 0.15) is 32.1 Å². The Morgan fingerprint density at radius 3 is 2.53 bits per heavy atom. The first-order chi connectivity index (χ1) is 7.20. The number of hydrogen-bond acceptors (Lipinski definition) is 3. The lowest BCUT2D eigenvalue weighted by atomic mass is 9.84. The molecule has 0 aromatic rings. The molecular weight excluding hydrogens is 192 g/mol. The van der Waals surface area contributed by atoms with Crippen LogP contribution in [0, 0.1) is 0 Å². The van der Waals surface area contributed by atoms with Gasteiger partial charge in [0.2, 0.25) is 5.91 Å². The summed E-state index contributed by atoms with van der Waals surface area (Å²) in [5.74, 6) is 0.430. The molecule has 4 nitrogen and oxygen atoms in total. The number of ketones is 1. The van der Waals surface area contributed by atoms with Crippen LogP contribution < -0.4 is 5.32 Å². The maximum absolute atomic E-state index is 11.5. The first-order valence-electron chi connectivity index (χ1n) is 5.68. The molecule has 2 heterocycles. The van der Waals surface area contributed by atoms with Crippen molar-refractivity contribution in [1.29, 1.82) is 0 Å². The van der Waals surface area contributed by atoms with Crippen molar-refractivity contribution in [3.63, 3.8) is 0 Å². The summed E-state index contributed by atoms with van der Waals surface area (Å²) < 4.78 is 0. The molecule has 2 rings (SSSR count). The Hall–Kier alpha value is -0.900. The highest BCUT2D eigenvalue weighted by molar-refractivity contribution is 5.82. The van der Waals surface area contributed by atoms with Gasteiger partial charge in [0.1, 0.15) is 5.78 Å². The summed E-state index contributed by atoms with van der Waals surface area (Å²) in [5, 5.41) is 2.65. The van der Waals surface area contributed by atoms with E-state index in [1.807, 2.05) is 0 Å². The second-order valence-corrected chi connectivity index (χ2v) is 4.53. The molecule has 0 radical (unpaired) electrons. The van der Waals surface area contributed by atoms with Gasteiger partial charge >= 0.3 is 0 Å². The smallest absolute Gasteiger partial charge is 0.233 e. The van der Waals surface area contributed by atoms with Gasteiger partial charge in [0, 0.05) is 32.0 Å². The van der Waals surface area contributed by atoms with E-state index in [9.17, 15) is 9.59 Å². The normalized spacial score (nSPS) is 31.4. The number of nitrogens with one attached hydrogen (secondary N) is 1. The summed E-state index contributed by atoms with van der Waals surface area (Å²) in [4.78, 5) is 25.0. The van der Waals surface area contributed by atoms with Crippen LogP contribution in [0.5, 0.6) is 0 Å². The molecule has 15 heavy (non-hydrogen) atoms. The number of rotatable bonds is 2. The maximum atomic E-state index is 11.5. The molecule has 1 N–H and O–H groups in total. The Kier molecular flexibility index (Phi) is 3.05. The Morgan fingerprint density at radius 2 is 2.00 bits per heavy atom. The van der Waals surface area contributed by atoms with Crippen molar-refractivity contribution >= 4 is 11.7 Å². The fraction of sp³-hybridized carbons (Fsp3) is 0.818. The molecule has 0 spiro atoms. The van der Waals surface area contributed by atoms with E-state index in [0.717, 1.165) is 12.8 Å². The first kappa shape index (κ1) is 10.6. The van der Waals surface area contributed by atoms with Crippen LogP contribution in [-0.2, 0) is 9.59 Å². The van der Waals surface area contributed by atoms with Gasteiger partial charge in [0.15, 0.2) is 0 Å². The first-order valence-corrected chi connectivity index (χ1v) is 5.68. The van der Waals surface area contributed by atoms with Crippen LogP contribution in [0.15, 0.2) is 0 Å². The van der Waals surface area contributed by atoms with Crippen molar-refractivity contribution in [2.24, 2.45) is 0 Å². The summed E-state index contributed by atoms with van der Waals surface area (Å²) in [6, 6.07) is 0.643. The molecule has 2 atom stereocenters. The van der Waals surface area contributed by atoms with Crippen LogP contribution in [0.25, 0.3) is 0 Å². The van der Waals surface area contributed by atoms with Crippen molar-refractivity contribution in [3.8, 4) is 0 Å². The highest BCUT2D eigenvalue weighted by Crippen LogP contribution is 2.31. The third kappa shape index (κ3) is 2.20. The quantitative estimate of drug-likeness (QED) is 0.714. The number of piperidine rings is 2. The largest absolute Gasteiger partial charge is 0.358 e. The van der Waals surface area contributed by atoms with E-state index in [2.05, 4.69) is 10.2 Å². The highest BCUT2D eigenvalue weighted by Gasteiger charge is 2.37. The zero-order valence-electron chi connectivity index (χ0n) is 9.16. The Bertz CT molecular complexity index is 262. The molecule has 1 amide bonds. The van der Waals surface area contributed by atoms with Gasteiger partial charge in [0.05, 0.1) is 6.54 Å². The molecule has 2 bridgehead atoms. The lowest BCUT2D eigenvalue weighted by Gasteiger charge is -2.44. The van der Waals surface area contributed by atoms with E-state index in [1.165, 1.54) is 6.42 Å². The summed E-state index contributed by atoms with van der Waals surface area (Å²) in [6.07, 6.45) is 4.63. The van der Waals surface area contributed by atoms with Crippen molar-refractivity contribution in [2.75, 3.05) is 13.6 Å². The summed E-state index contributed by atoms with van der Waals surface area (Å²) >= 11 is 0. The second-order valence-electron chi connectivity index (χ2n) is 4.53. The van der Waals surface area contributed by atoms with Gasteiger partial charge in [-0.05, 0) is 12.8 Å². The number of Topliss-reactive ketones (excluding diaryl/α,β-unsaturated/α-hetero) is 1. The SMILES string of the molecule is CNC(=O)CN1C2CCCC1CC(=O)C2. The van der Waals surface area contributed by atoms with Gasteiger partial charge in [-0.25, -0.2) is 0 Å². The van der Waals surface area contributed by atoms with Gasteiger partial charge in [-0.2, -0.15) is 0 Å². The molecular formula is C11H18N2O2. The fourth-order valence-electron chi connectivity index (χ4n) is 2.77. The lowest BCUT2D eigenvalue weighted by Crippen LogP contribution is -2.55. The van der Waals surface area contributed by atoms with Crippen molar-refractivity contribution in [1.82, 2.24) is 10.2 Å². The number of carbonyl (C=O) groups is 2. The highest BCUT2D eigenvalue weighted by atomic mass is 16.2. The van der Waals surface area contributed by atoms with E-state index >= 15 is 0 Å². The zero-order valence-corrected chi connectivity index (χ0v) is 9.16. The topological polar surface area (TPSA) is 49.4 Å². The number of amides is 1. The molecule has 2 saturated heterocycles. The molecule has 2 aliphatic heterocycles. The van der Waals surface area contributed by atoms with Crippen LogP contribution in [0.4, 0.5) is 0 Å². The number of carbonyl (C=O) groups excluding carboxylic acids is 2. The third-order valence-electron chi connectivity index (χ3n) is 3.54. The molecule has 2 aliphatic rings. The third-order valence-corrected chi connectivity index (χ3v) is 3.54. The molecule has 0 aromatic carbocycles. The lowest BCUT2D eigenvalue weighted by molar-refractivity contribution is -0.132. The van der Waals surface area contributed by atoms with Crippen LogP contribution in [-0.4, -0.2) is 42.3 Å². The monoisotopic (exact) mass is 210 g/mol. The summed E-state index contributed by atoms with van der Waals surface area (Å²) in [7, 11) is 1.66. The molecule has 0 aliphatic carbocycles. The van der Waals surface area contributed by atoms with Gasteiger partial charge in [-0.1, -0.05) is 6.42 Å². The molecule has 2 fully saturated rings. The van der Waals surface area contributed by atoms with Crippen LogP contribution >= 0.6 is 0 Å². The Morgan fingerprint density at radius 1 is 1.40 bits per heavy atom. The van der Waals surface area contributed by atoms with Gasteiger partial charge in [0.25, 0.3) is 0 Å². The van der Waals surface area contributed by atoms with Gasteiger partial charge in [-0.3, -0.25) is 14.5 Å². The van der Waals surface area contributed by atoms with Crippen molar-refractivity contribution in [3.05, 3.63) is 0 Å². The van der Waals surface area contributed by atoms with Crippen LogP contribution in [0.3, 0.4) is 0 Å². The zero-order chi connectivity index (χ0) is 10.8. The molecule has 2 unspecified atom stereocenters. The van der Waals surface area contributed by atoms with Crippen LogP contribution in [0.2, 0.25) is 0 Å². The van der Waals surface area contributed by atoms with E-state index in [0.29, 0.717) is 37.3 Å². The molecule has 0 aromatic heterocycles. The number of fused-ring (bicyclic) bond motifs is 2. The molecule has 4 heteroatoms. The maximum Gasteiger partial charge on any atom is 0.233 e. The Labute approximate surface area is 90.0 Å². The van der Waals surface area contributed by atoms with E-state index in [-0.39, 0.29) is 5.91 Å². The minimum absolute atomic E-state index is 0.0567. The predicted octanol–water partition coefficient (Wildman–Crippen LogP) is 0.318. The number of likely N-dealkylation sites (N-methyl/N-ethyl adjacent to an activating group) is 1. The standard InChI is InChI=1S/C11H18N2O2/c1-12-11(15)7-13-8-3-2-4-9(13)6-10(14)5-8/h8-9H,2-7H2,1H3,(H,12,15). The molecule has 84 valence electrons. The molecule has 0 saturated carbocycles. The fourth-order valence-corrected chi connectivity index (χ4v) is 2.77. The number of nitrogens with zero attached hydrogens (tertiary/aromatic N) is 1. The van der Waals surface area contributed by atoms with E-state index in [4.69, 9.17) is 0 Å². The minimum atomic E-state index is 0.0567. The van der Waals surface area contributed by atoms with Gasteiger partial charge in [-0.15, -0.1) is 0 Å². The van der Waals surface area contributed by atoms with E-state index in [1.54, 1.807) is 7.05 Å². The van der Waals surface area contributed by atoms with Gasteiger partial charge < -0.3 is 5.32 Å².